The number of hydrogen-bond acceptors (Lipinski definition) is 4. The van der Waals surface area contributed by atoms with Gasteiger partial charge in [-0.05, 0) is 39.0 Å². The van der Waals surface area contributed by atoms with Crippen molar-refractivity contribution in [3.8, 4) is 0 Å². The van der Waals surface area contributed by atoms with E-state index in [1.807, 2.05) is 6.92 Å². The third-order valence-corrected chi connectivity index (χ3v) is 3.34. The van der Waals surface area contributed by atoms with Gasteiger partial charge in [-0.2, -0.15) is 0 Å². The topological polar surface area (TPSA) is 52.6 Å². The van der Waals surface area contributed by atoms with Gasteiger partial charge in [-0.3, -0.25) is 9.59 Å². The van der Waals surface area contributed by atoms with E-state index in [2.05, 4.69) is 0 Å². The third-order valence-electron chi connectivity index (χ3n) is 3.34. The molecule has 4 nitrogen and oxygen atoms in total. The Morgan fingerprint density at radius 3 is 2.24 bits per heavy atom. The highest BCUT2D eigenvalue weighted by Gasteiger charge is 2.36. The summed E-state index contributed by atoms with van der Waals surface area (Å²) in [4.78, 5) is 23.5. The molecule has 0 saturated carbocycles. The molecule has 0 bridgehead atoms. The Morgan fingerprint density at radius 2 is 1.65 bits per heavy atom. The smallest absolute Gasteiger partial charge is 0.312 e. The average Bonchev–Trinajstić information content (AvgIpc) is 2.30. The predicted octanol–water partition coefficient (Wildman–Crippen LogP) is 2.45. The summed E-state index contributed by atoms with van der Waals surface area (Å²) in [6.07, 6.45) is 4.49. The van der Waals surface area contributed by atoms with E-state index >= 15 is 0 Å². The fourth-order valence-corrected chi connectivity index (χ4v) is 1.79. The van der Waals surface area contributed by atoms with Gasteiger partial charge in [0.15, 0.2) is 0 Å². The molecule has 1 aliphatic heterocycles. The van der Waals surface area contributed by atoms with Gasteiger partial charge in [0.1, 0.15) is 0 Å². The molecule has 0 amide bonds. The number of esters is 2. The molecule has 1 unspecified atom stereocenters. The zero-order valence-electron chi connectivity index (χ0n) is 10.8. The maximum atomic E-state index is 11.9. The minimum absolute atomic E-state index is 0.113. The number of ether oxygens (including phenoxy) is 2. The van der Waals surface area contributed by atoms with E-state index in [0.29, 0.717) is 19.6 Å². The first-order valence-corrected chi connectivity index (χ1v) is 6.41. The molecule has 0 aromatic rings. The number of cyclic esters (lactones) is 2. The van der Waals surface area contributed by atoms with Gasteiger partial charge in [0.25, 0.3) is 0 Å². The number of carbonyl (C=O) groups is 2. The monoisotopic (exact) mass is 242 g/mol. The summed E-state index contributed by atoms with van der Waals surface area (Å²) in [6, 6.07) is 0. The number of carbonyl (C=O) groups excluding carboxylic acids is 2. The maximum Gasteiger partial charge on any atom is 0.312 e. The van der Waals surface area contributed by atoms with Crippen molar-refractivity contribution >= 4 is 11.9 Å². The minimum Gasteiger partial charge on any atom is -0.466 e. The van der Waals surface area contributed by atoms with E-state index in [0.717, 1.165) is 25.7 Å². The van der Waals surface area contributed by atoms with Crippen molar-refractivity contribution < 1.29 is 19.1 Å². The molecule has 4 heteroatoms. The van der Waals surface area contributed by atoms with E-state index in [9.17, 15) is 9.59 Å². The van der Waals surface area contributed by atoms with Crippen molar-refractivity contribution in [1.29, 1.82) is 0 Å². The zero-order chi connectivity index (χ0) is 12.7. The number of rotatable bonds is 1. The van der Waals surface area contributed by atoms with Gasteiger partial charge in [-0.15, -0.1) is 0 Å². The summed E-state index contributed by atoms with van der Waals surface area (Å²) >= 11 is 0. The Balaban J connectivity index is 2.65. The van der Waals surface area contributed by atoms with Gasteiger partial charge in [-0.1, -0.05) is 6.92 Å². The SMILES string of the molecule is CCC1(C)CC(=O)OCCCCCCOC1=O. The van der Waals surface area contributed by atoms with Crippen molar-refractivity contribution in [1.82, 2.24) is 0 Å². The number of hydrogen-bond donors (Lipinski definition) is 0. The van der Waals surface area contributed by atoms with Crippen LogP contribution in [0.25, 0.3) is 0 Å². The zero-order valence-corrected chi connectivity index (χ0v) is 10.8. The molecular formula is C13H22O4. The second kappa shape index (κ2) is 6.62. The molecule has 0 aliphatic carbocycles. The van der Waals surface area contributed by atoms with Crippen LogP contribution in [0.1, 0.15) is 52.4 Å². The second-order valence-electron chi connectivity index (χ2n) is 4.86. The molecule has 1 aliphatic rings. The molecule has 98 valence electrons. The van der Waals surface area contributed by atoms with Crippen LogP contribution in [0, 0.1) is 5.41 Å². The molecule has 17 heavy (non-hydrogen) atoms. The molecule has 1 heterocycles. The van der Waals surface area contributed by atoms with E-state index in [1.165, 1.54) is 0 Å². The average molecular weight is 242 g/mol. The molecular weight excluding hydrogens is 220 g/mol. The third kappa shape index (κ3) is 4.36. The molecule has 0 spiro atoms. The van der Waals surface area contributed by atoms with Crippen LogP contribution in [0.2, 0.25) is 0 Å². The Hall–Kier alpha value is -1.06. The van der Waals surface area contributed by atoms with E-state index in [4.69, 9.17) is 9.47 Å². The molecule has 0 radical (unpaired) electrons. The van der Waals surface area contributed by atoms with Crippen LogP contribution < -0.4 is 0 Å². The first-order chi connectivity index (χ1) is 8.08. The summed E-state index contributed by atoms with van der Waals surface area (Å²) < 4.78 is 10.3. The van der Waals surface area contributed by atoms with Crippen molar-refractivity contribution in [3.63, 3.8) is 0 Å². The lowest BCUT2D eigenvalue weighted by Crippen LogP contribution is -2.33. The van der Waals surface area contributed by atoms with Crippen LogP contribution in [0.3, 0.4) is 0 Å². The summed E-state index contributed by atoms with van der Waals surface area (Å²) in [7, 11) is 0. The van der Waals surface area contributed by atoms with Crippen molar-refractivity contribution in [2.24, 2.45) is 5.41 Å². The second-order valence-corrected chi connectivity index (χ2v) is 4.86. The van der Waals surface area contributed by atoms with Crippen molar-refractivity contribution in [3.05, 3.63) is 0 Å². The minimum atomic E-state index is -0.740. The Kier molecular flexibility index (Phi) is 5.45. The largest absolute Gasteiger partial charge is 0.466 e. The van der Waals surface area contributed by atoms with E-state index in [1.54, 1.807) is 6.92 Å². The molecule has 1 saturated heterocycles. The first kappa shape index (κ1) is 14.0. The summed E-state index contributed by atoms with van der Waals surface area (Å²) in [5.74, 6) is -0.579. The molecule has 1 rings (SSSR count). The quantitative estimate of drug-likeness (QED) is 0.663. The van der Waals surface area contributed by atoms with Gasteiger partial charge >= 0.3 is 11.9 Å². The van der Waals surface area contributed by atoms with Crippen molar-refractivity contribution in [2.75, 3.05) is 13.2 Å². The van der Waals surface area contributed by atoms with Gasteiger partial charge in [0.05, 0.1) is 25.0 Å². The highest BCUT2D eigenvalue weighted by Crippen LogP contribution is 2.28. The molecule has 1 fully saturated rings. The first-order valence-electron chi connectivity index (χ1n) is 6.41. The fourth-order valence-electron chi connectivity index (χ4n) is 1.79. The lowest BCUT2D eigenvalue weighted by atomic mass is 9.84. The van der Waals surface area contributed by atoms with Crippen LogP contribution >= 0.6 is 0 Å². The van der Waals surface area contributed by atoms with Crippen LogP contribution in [0.15, 0.2) is 0 Å². The Morgan fingerprint density at radius 1 is 1.06 bits per heavy atom. The van der Waals surface area contributed by atoms with Crippen LogP contribution in [-0.2, 0) is 19.1 Å². The Bertz CT molecular complexity index is 275. The predicted molar refractivity (Wildman–Crippen MR) is 63.4 cm³/mol. The standard InChI is InChI=1S/C13H22O4/c1-3-13(2)10-11(14)16-8-6-4-5-7-9-17-12(13)15/h3-10H2,1-2H3. The lowest BCUT2D eigenvalue weighted by molar-refractivity contribution is -0.162. The molecule has 0 N–H and O–H groups in total. The lowest BCUT2D eigenvalue weighted by Gasteiger charge is -2.25. The Labute approximate surface area is 103 Å². The highest BCUT2D eigenvalue weighted by molar-refractivity contribution is 5.83. The molecule has 0 aromatic heterocycles. The molecule has 0 aromatic carbocycles. The van der Waals surface area contributed by atoms with Gasteiger partial charge in [0.2, 0.25) is 0 Å². The molecule has 1 atom stereocenters. The van der Waals surface area contributed by atoms with Gasteiger partial charge in [0, 0.05) is 0 Å². The van der Waals surface area contributed by atoms with Crippen LogP contribution in [0.4, 0.5) is 0 Å². The van der Waals surface area contributed by atoms with E-state index < -0.39 is 5.41 Å². The summed E-state index contributed by atoms with van der Waals surface area (Å²) in [5, 5.41) is 0. The van der Waals surface area contributed by atoms with Gasteiger partial charge < -0.3 is 9.47 Å². The van der Waals surface area contributed by atoms with Crippen LogP contribution in [0.5, 0.6) is 0 Å². The summed E-state index contributed by atoms with van der Waals surface area (Å²) in [5.41, 5.74) is -0.740. The van der Waals surface area contributed by atoms with Crippen LogP contribution in [-0.4, -0.2) is 25.2 Å². The fraction of sp³-hybridized carbons (Fsp3) is 0.846. The normalized spacial score (nSPS) is 28.6. The summed E-state index contributed by atoms with van der Waals surface area (Å²) in [6.45, 7) is 4.58. The van der Waals surface area contributed by atoms with Crippen molar-refractivity contribution in [2.45, 2.75) is 52.4 Å². The van der Waals surface area contributed by atoms with Gasteiger partial charge in [-0.25, -0.2) is 0 Å². The van der Waals surface area contributed by atoms with E-state index in [-0.39, 0.29) is 18.4 Å². The maximum absolute atomic E-state index is 11.9. The highest BCUT2D eigenvalue weighted by atomic mass is 16.5.